The average Bonchev–Trinajstić information content (AvgIpc) is 2.73. The summed E-state index contributed by atoms with van der Waals surface area (Å²) < 4.78 is 1.76. The largest absolute Gasteiger partial charge is 0.253 e. The number of aryl methyl sites for hydroxylation is 1. The molecule has 2 rings (SSSR count). The van der Waals surface area contributed by atoms with Crippen LogP contribution in [-0.4, -0.2) is 20.6 Å². The van der Waals surface area contributed by atoms with Crippen LogP contribution >= 0.6 is 23.2 Å². The first-order valence-corrected chi connectivity index (χ1v) is 6.27. The van der Waals surface area contributed by atoms with Gasteiger partial charge in [-0.1, -0.05) is 29.8 Å². The zero-order valence-corrected chi connectivity index (χ0v) is 11.0. The molecule has 2 aromatic rings. The Morgan fingerprint density at radius 3 is 2.71 bits per heavy atom. The van der Waals surface area contributed by atoms with Gasteiger partial charge in [-0.05, 0) is 11.6 Å². The lowest BCUT2D eigenvalue weighted by Gasteiger charge is -2.15. The van der Waals surface area contributed by atoms with Crippen LogP contribution in [0.1, 0.15) is 17.3 Å². The van der Waals surface area contributed by atoms with Gasteiger partial charge < -0.3 is 0 Å². The number of benzene rings is 1. The fourth-order valence-corrected chi connectivity index (χ4v) is 2.34. The summed E-state index contributed by atoms with van der Waals surface area (Å²) in [4.78, 5) is 4.21. The van der Waals surface area contributed by atoms with E-state index in [1.807, 2.05) is 31.3 Å². The molecule has 17 heavy (non-hydrogen) atoms. The smallest absolute Gasteiger partial charge is 0.138 e. The molecule has 0 saturated heterocycles. The van der Waals surface area contributed by atoms with Crippen LogP contribution < -0.4 is 0 Å². The van der Waals surface area contributed by atoms with Crippen molar-refractivity contribution in [1.82, 2.24) is 14.8 Å². The third-order valence-electron chi connectivity index (χ3n) is 2.77. The van der Waals surface area contributed by atoms with E-state index in [4.69, 9.17) is 23.2 Å². The van der Waals surface area contributed by atoms with Crippen molar-refractivity contribution in [2.45, 2.75) is 12.3 Å². The van der Waals surface area contributed by atoms with E-state index in [-0.39, 0.29) is 5.92 Å². The van der Waals surface area contributed by atoms with Gasteiger partial charge in [-0.3, -0.25) is 4.68 Å². The highest BCUT2D eigenvalue weighted by Crippen LogP contribution is 2.27. The summed E-state index contributed by atoms with van der Waals surface area (Å²) in [7, 11) is 1.88. The van der Waals surface area contributed by atoms with Crippen molar-refractivity contribution in [2.24, 2.45) is 7.05 Å². The van der Waals surface area contributed by atoms with Gasteiger partial charge in [0.15, 0.2) is 0 Å². The number of nitrogens with zero attached hydrogens (tertiary/aromatic N) is 3. The van der Waals surface area contributed by atoms with E-state index in [1.54, 1.807) is 11.0 Å². The van der Waals surface area contributed by atoms with Crippen molar-refractivity contribution >= 4 is 23.2 Å². The molecule has 3 nitrogen and oxygen atoms in total. The molecule has 1 heterocycles. The molecule has 0 aliphatic rings. The van der Waals surface area contributed by atoms with Gasteiger partial charge in [0.1, 0.15) is 12.2 Å². The number of rotatable bonds is 4. The van der Waals surface area contributed by atoms with E-state index in [1.165, 1.54) is 0 Å². The van der Waals surface area contributed by atoms with E-state index < -0.39 is 0 Å². The minimum atomic E-state index is 0.160. The summed E-state index contributed by atoms with van der Waals surface area (Å²) in [5.74, 6) is 1.58. The topological polar surface area (TPSA) is 30.7 Å². The highest BCUT2D eigenvalue weighted by atomic mass is 35.5. The first-order valence-electron chi connectivity index (χ1n) is 5.35. The Labute approximate surface area is 110 Å². The van der Waals surface area contributed by atoms with Crippen LogP contribution in [0, 0.1) is 0 Å². The Kier molecular flexibility index (Phi) is 4.02. The normalized spacial score (nSPS) is 12.6. The van der Waals surface area contributed by atoms with Crippen molar-refractivity contribution in [3.05, 3.63) is 47.0 Å². The van der Waals surface area contributed by atoms with Gasteiger partial charge >= 0.3 is 0 Å². The zero-order chi connectivity index (χ0) is 12.3. The summed E-state index contributed by atoms with van der Waals surface area (Å²) in [6, 6.07) is 7.77. The van der Waals surface area contributed by atoms with E-state index >= 15 is 0 Å². The third kappa shape index (κ3) is 2.79. The van der Waals surface area contributed by atoms with E-state index in [0.717, 1.165) is 22.8 Å². The quantitative estimate of drug-likeness (QED) is 0.799. The predicted octanol–water partition coefficient (Wildman–Crippen LogP) is 3.03. The predicted molar refractivity (Wildman–Crippen MR) is 69.6 cm³/mol. The van der Waals surface area contributed by atoms with E-state index in [2.05, 4.69) is 10.1 Å². The highest BCUT2D eigenvalue weighted by molar-refractivity contribution is 6.31. The number of alkyl halides is 1. The van der Waals surface area contributed by atoms with Gasteiger partial charge in [0.2, 0.25) is 0 Å². The summed E-state index contributed by atoms with van der Waals surface area (Å²) in [6.45, 7) is 0. The van der Waals surface area contributed by atoms with Crippen LogP contribution in [0.3, 0.4) is 0 Å². The van der Waals surface area contributed by atoms with Gasteiger partial charge in [0.05, 0.1) is 0 Å². The fraction of sp³-hybridized carbons (Fsp3) is 0.333. The van der Waals surface area contributed by atoms with Crippen molar-refractivity contribution in [3.63, 3.8) is 0 Å². The Morgan fingerprint density at radius 2 is 2.12 bits per heavy atom. The molecule has 1 atom stereocenters. The van der Waals surface area contributed by atoms with Crippen LogP contribution in [0.15, 0.2) is 30.6 Å². The van der Waals surface area contributed by atoms with Crippen LogP contribution in [0.2, 0.25) is 5.02 Å². The Hall–Kier alpha value is -1.06. The minimum Gasteiger partial charge on any atom is -0.253 e. The van der Waals surface area contributed by atoms with Crippen LogP contribution in [-0.2, 0) is 13.5 Å². The molecule has 0 amide bonds. The lowest BCUT2D eigenvalue weighted by Crippen LogP contribution is -2.10. The highest BCUT2D eigenvalue weighted by Gasteiger charge is 2.16. The SMILES string of the molecule is Cn1ncnc1CC(CCl)c1ccccc1Cl. The first kappa shape index (κ1) is 12.4. The van der Waals surface area contributed by atoms with E-state index in [9.17, 15) is 0 Å². The molecule has 0 aliphatic carbocycles. The van der Waals surface area contributed by atoms with Crippen molar-refractivity contribution < 1.29 is 0 Å². The van der Waals surface area contributed by atoms with Gasteiger partial charge in [0, 0.05) is 30.3 Å². The molecule has 1 unspecified atom stereocenters. The second-order valence-electron chi connectivity index (χ2n) is 3.88. The molecule has 90 valence electrons. The zero-order valence-electron chi connectivity index (χ0n) is 9.48. The maximum Gasteiger partial charge on any atom is 0.138 e. The van der Waals surface area contributed by atoms with Crippen molar-refractivity contribution in [1.29, 1.82) is 0 Å². The minimum absolute atomic E-state index is 0.160. The monoisotopic (exact) mass is 269 g/mol. The third-order valence-corrected chi connectivity index (χ3v) is 3.48. The van der Waals surface area contributed by atoms with Gasteiger partial charge in [-0.15, -0.1) is 11.6 Å². The Bertz CT molecular complexity index is 496. The molecule has 0 spiro atoms. The molecule has 0 N–H and O–H groups in total. The molecule has 0 bridgehead atoms. The summed E-state index contributed by atoms with van der Waals surface area (Å²) in [5.41, 5.74) is 1.06. The van der Waals surface area contributed by atoms with Gasteiger partial charge in [-0.25, -0.2) is 4.98 Å². The number of hydrogen-bond donors (Lipinski definition) is 0. The molecule has 1 aromatic carbocycles. The number of halogens is 2. The first-order chi connectivity index (χ1) is 8.22. The number of hydrogen-bond acceptors (Lipinski definition) is 2. The average molecular weight is 270 g/mol. The molecule has 0 radical (unpaired) electrons. The molecule has 0 fully saturated rings. The lowest BCUT2D eigenvalue weighted by atomic mass is 9.97. The lowest BCUT2D eigenvalue weighted by molar-refractivity contribution is 0.648. The van der Waals surface area contributed by atoms with Crippen LogP contribution in [0.25, 0.3) is 0 Å². The van der Waals surface area contributed by atoms with Gasteiger partial charge in [0.25, 0.3) is 0 Å². The molecular weight excluding hydrogens is 257 g/mol. The Balaban J connectivity index is 2.23. The molecule has 0 saturated carbocycles. The summed E-state index contributed by atoms with van der Waals surface area (Å²) in [5, 5.41) is 4.80. The van der Waals surface area contributed by atoms with Crippen LogP contribution in [0.4, 0.5) is 0 Å². The Morgan fingerprint density at radius 1 is 1.35 bits per heavy atom. The molecular formula is C12H13Cl2N3. The maximum absolute atomic E-state index is 6.18. The number of aromatic nitrogens is 3. The second-order valence-corrected chi connectivity index (χ2v) is 4.59. The molecule has 5 heteroatoms. The maximum atomic E-state index is 6.18. The van der Waals surface area contributed by atoms with Gasteiger partial charge in [-0.2, -0.15) is 5.10 Å². The second kappa shape index (κ2) is 5.52. The van der Waals surface area contributed by atoms with Crippen molar-refractivity contribution in [3.8, 4) is 0 Å². The van der Waals surface area contributed by atoms with E-state index in [0.29, 0.717) is 5.88 Å². The standard InChI is InChI=1S/C12H13Cl2N3/c1-17-12(15-8-16-17)6-9(7-13)10-4-2-3-5-11(10)14/h2-5,8-9H,6-7H2,1H3. The molecule has 1 aromatic heterocycles. The van der Waals surface area contributed by atoms with Crippen LogP contribution in [0.5, 0.6) is 0 Å². The molecule has 0 aliphatic heterocycles. The summed E-state index contributed by atoms with van der Waals surface area (Å²) in [6.07, 6.45) is 2.29. The fourth-order valence-electron chi connectivity index (χ4n) is 1.78. The summed E-state index contributed by atoms with van der Waals surface area (Å²) >= 11 is 12.2. The van der Waals surface area contributed by atoms with Crippen molar-refractivity contribution in [2.75, 3.05) is 5.88 Å².